The van der Waals surface area contributed by atoms with Crippen molar-refractivity contribution in [3.05, 3.63) is 29.3 Å². The molecular weight excluding hydrogens is 316 g/mol. The number of hydrogen-bond donors (Lipinski definition) is 1. The van der Waals surface area contributed by atoms with E-state index >= 15 is 0 Å². The highest BCUT2D eigenvalue weighted by molar-refractivity contribution is 7.80. The average molecular weight is 341 g/mol. The second kappa shape index (κ2) is 8.56. The second-order valence-electron chi connectivity index (χ2n) is 5.84. The smallest absolute Gasteiger partial charge is 0.169 e. The van der Waals surface area contributed by atoms with Gasteiger partial charge in [-0.25, -0.2) is 0 Å². The summed E-state index contributed by atoms with van der Waals surface area (Å²) >= 11 is 11.6. The predicted molar refractivity (Wildman–Crippen MR) is 99.0 cm³/mol. The van der Waals surface area contributed by atoms with Crippen LogP contribution in [-0.2, 0) is 0 Å². The highest BCUT2D eigenvalue weighted by Gasteiger charge is 2.19. The van der Waals surface area contributed by atoms with Crippen molar-refractivity contribution in [1.29, 1.82) is 0 Å². The van der Waals surface area contributed by atoms with Crippen molar-refractivity contribution in [1.82, 2.24) is 15.1 Å². The predicted octanol–water partition coefficient (Wildman–Crippen LogP) is 2.29. The summed E-state index contributed by atoms with van der Waals surface area (Å²) in [6, 6.07) is 8.05. The molecular formula is C16H25ClN4S. The molecule has 0 saturated carbocycles. The summed E-state index contributed by atoms with van der Waals surface area (Å²) < 4.78 is 0. The maximum Gasteiger partial charge on any atom is 0.169 e. The van der Waals surface area contributed by atoms with Crippen LogP contribution in [0.25, 0.3) is 0 Å². The molecule has 1 N–H and O–H groups in total. The monoisotopic (exact) mass is 340 g/mol. The first-order valence-electron chi connectivity index (χ1n) is 7.74. The number of benzene rings is 1. The van der Waals surface area contributed by atoms with E-state index in [4.69, 9.17) is 23.8 Å². The zero-order chi connectivity index (χ0) is 15.9. The van der Waals surface area contributed by atoms with Crippen molar-refractivity contribution in [3.8, 4) is 0 Å². The number of anilines is 1. The Kier molecular flexibility index (Phi) is 6.73. The van der Waals surface area contributed by atoms with E-state index in [0.29, 0.717) is 0 Å². The van der Waals surface area contributed by atoms with E-state index in [1.807, 2.05) is 18.2 Å². The van der Waals surface area contributed by atoms with Crippen LogP contribution in [0.3, 0.4) is 0 Å². The average Bonchev–Trinajstić information content (AvgIpc) is 2.51. The van der Waals surface area contributed by atoms with Crippen LogP contribution in [0.1, 0.15) is 6.42 Å². The summed E-state index contributed by atoms with van der Waals surface area (Å²) in [7, 11) is 4.18. The number of halogens is 1. The van der Waals surface area contributed by atoms with E-state index < -0.39 is 0 Å². The fraction of sp³-hybridized carbons (Fsp3) is 0.562. The van der Waals surface area contributed by atoms with Gasteiger partial charge in [-0.3, -0.25) is 0 Å². The first kappa shape index (κ1) is 17.3. The van der Waals surface area contributed by atoms with Crippen molar-refractivity contribution in [2.75, 3.05) is 58.3 Å². The molecule has 1 heterocycles. The van der Waals surface area contributed by atoms with Crippen molar-refractivity contribution >= 4 is 34.6 Å². The molecule has 0 aliphatic carbocycles. The lowest BCUT2D eigenvalue weighted by molar-refractivity contribution is 0.373. The minimum absolute atomic E-state index is 0.790. The number of piperazine rings is 1. The summed E-state index contributed by atoms with van der Waals surface area (Å²) in [6.45, 7) is 5.86. The summed E-state index contributed by atoms with van der Waals surface area (Å²) in [5, 5.41) is 5.03. The van der Waals surface area contributed by atoms with E-state index in [2.05, 4.69) is 40.2 Å². The van der Waals surface area contributed by atoms with Gasteiger partial charge in [0.25, 0.3) is 0 Å². The van der Waals surface area contributed by atoms with Gasteiger partial charge in [-0.15, -0.1) is 0 Å². The van der Waals surface area contributed by atoms with Crippen LogP contribution in [0.15, 0.2) is 24.3 Å². The molecule has 1 saturated heterocycles. The minimum Gasteiger partial charge on any atom is -0.368 e. The standard InChI is InChI=1S/C16H25ClN4S/c1-19(2)8-4-7-18-16(22)21-11-9-20(10-12-21)15-6-3-5-14(17)13-15/h3,5-6,13H,4,7-12H2,1-2H3,(H,18,22). The summed E-state index contributed by atoms with van der Waals surface area (Å²) in [6.07, 6.45) is 1.11. The van der Waals surface area contributed by atoms with E-state index in [-0.39, 0.29) is 0 Å². The van der Waals surface area contributed by atoms with Gasteiger partial charge in [-0.2, -0.15) is 0 Å². The molecule has 2 rings (SSSR count). The first-order chi connectivity index (χ1) is 10.6. The van der Waals surface area contributed by atoms with Gasteiger partial charge in [0.2, 0.25) is 0 Å². The van der Waals surface area contributed by atoms with Crippen LogP contribution in [0.2, 0.25) is 5.02 Å². The molecule has 0 spiro atoms. The van der Waals surface area contributed by atoms with Gasteiger partial charge in [-0.1, -0.05) is 17.7 Å². The van der Waals surface area contributed by atoms with Crippen LogP contribution >= 0.6 is 23.8 Å². The molecule has 122 valence electrons. The highest BCUT2D eigenvalue weighted by atomic mass is 35.5. The Morgan fingerprint density at radius 3 is 2.64 bits per heavy atom. The highest BCUT2D eigenvalue weighted by Crippen LogP contribution is 2.20. The van der Waals surface area contributed by atoms with Crippen molar-refractivity contribution in [2.24, 2.45) is 0 Å². The molecule has 0 atom stereocenters. The molecule has 1 aliphatic rings. The van der Waals surface area contributed by atoms with Gasteiger partial charge in [-0.05, 0) is 57.5 Å². The number of thiocarbonyl (C=S) groups is 1. The van der Waals surface area contributed by atoms with Crippen LogP contribution < -0.4 is 10.2 Å². The molecule has 1 aliphatic heterocycles. The Morgan fingerprint density at radius 2 is 2.00 bits per heavy atom. The van der Waals surface area contributed by atoms with Crippen molar-refractivity contribution in [3.63, 3.8) is 0 Å². The third-order valence-corrected chi connectivity index (χ3v) is 4.44. The van der Waals surface area contributed by atoms with E-state index in [9.17, 15) is 0 Å². The third-order valence-electron chi connectivity index (χ3n) is 3.80. The van der Waals surface area contributed by atoms with Gasteiger partial charge in [0.1, 0.15) is 0 Å². The molecule has 1 aromatic rings. The Morgan fingerprint density at radius 1 is 1.27 bits per heavy atom. The Labute approximate surface area is 144 Å². The third kappa shape index (κ3) is 5.30. The SMILES string of the molecule is CN(C)CCCNC(=S)N1CCN(c2cccc(Cl)c2)CC1. The maximum atomic E-state index is 6.07. The zero-order valence-corrected chi connectivity index (χ0v) is 15.0. The first-order valence-corrected chi connectivity index (χ1v) is 8.53. The molecule has 0 radical (unpaired) electrons. The molecule has 1 aromatic carbocycles. The van der Waals surface area contributed by atoms with Gasteiger partial charge < -0.3 is 20.0 Å². The van der Waals surface area contributed by atoms with E-state index in [0.717, 1.165) is 55.8 Å². The lowest BCUT2D eigenvalue weighted by Gasteiger charge is -2.37. The fourth-order valence-electron chi connectivity index (χ4n) is 2.54. The largest absolute Gasteiger partial charge is 0.368 e. The van der Waals surface area contributed by atoms with Gasteiger partial charge in [0.15, 0.2) is 5.11 Å². The topological polar surface area (TPSA) is 21.8 Å². The number of rotatable bonds is 5. The Bertz CT molecular complexity index is 487. The molecule has 4 nitrogen and oxygen atoms in total. The van der Waals surface area contributed by atoms with Crippen molar-refractivity contribution < 1.29 is 0 Å². The summed E-state index contributed by atoms with van der Waals surface area (Å²) in [5.74, 6) is 0. The molecule has 0 bridgehead atoms. The Balaban J connectivity index is 1.73. The number of nitrogens with zero attached hydrogens (tertiary/aromatic N) is 3. The number of hydrogen-bond acceptors (Lipinski definition) is 3. The fourth-order valence-corrected chi connectivity index (χ4v) is 3.01. The quantitative estimate of drug-likeness (QED) is 0.654. The summed E-state index contributed by atoms with van der Waals surface area (Å²) in [5.41, 5.74) is 1.19. The summed E-state index contributed by atoms with van der Waals surface area (Å²) in [4.78, 5) is 6.80. The Hall–Kier alpha value is -1.04. The molecule has 0 amide bonds. The molecule has 1 fully saturated rings. The van der Waals surface area contributed by atoms with E-state index in [1.54, 1.807) is 0 Å². The number of nitrogens with one attached hydrogen (secondary N) is 1. The molecule has 6 heteroatoms. The lowest BCUT2D eigenvalue weighted by Crippen LogP contribution is -2.52. The van der Waals surface area contributed by atoms with Crippen LogP contribution in [0.5, 0.6) is 0 Å². The zero-order valence-electron chi connectivity index (χ0n) is 13.4. The molecule has 0 aromatic heterocycles. The maximum absolute atomic E-state index is 6.07. The van der Waals surface area contributed by atoms with Gasteiger partial charge in [0.05, 0.1) is 0 Å². The minimum atomic E-state index is 0.790. The normalized spacial score (nSPS) is 15.3. The van der Waals surface area contributed by atoms with Crippen LogP contribution in [-0.4, -0.2) is 68.3 Å². The van der Waals surface area contributed by atoms with Crippen LogP contribution in [0, 0.1) is 0 Å². The van der Waals surface area contributed by atoms with Gasteiger partial charge in [0, 0.05) is 43.4 Å². The second-order valence-corrected chi connectivity index (χ2v) is 6.67. The van der Waals surface area contributed by atoms with Crippen molar-refractivity contribution in [2.45, 2.75) is 6.42 Å². The van der Waals surface area contributed by atoms with E-state index in [1.165, 1.54) is 5.69 Å². The van der Waals surface area contributed by atoms with Gasteiger partial charge >= 0.3 is 0 Å². The lowest BCUT2D eigenvalue weighted by atomic mass is 10.2. The van der Waals surface area contributed by atoms with Crippen LogP contribution in [0.4, 0.5) is 5.69 Å². The molecule has 0 unspecified atom stereocenters. The molecule has 22 heavy (non-hydrogen) atoms.